The molecule has 0 spiro atoms. The second kappa shape index (κ2) is 38.3. The molecule has 28 nitrogen and oxygen atoms in total. The van der Waals surface area contributed by atoms with Gasteiger partial charge in [0.1, 0.15) is 40.2 Å². The maximum Gasteiger partial charge on any atom is 0.341 e. The zero-order chi connectivity index (χ0) is 70.8. The van der Waals surface area contributed by atoms with Gasteiger partial charge in [-0.15, -0.1) is 11.8 Å². The Hall–Kier alpha value is -9.31. The molecule has 0 amide bonds. The number of aryl methyl sites for hydroxylation is 1. The summed E-state index contributed by atoms with van der Waals surface area (Å²) in [5.74, 6) is 0.683. The number of benzene rings is 5. The third-order valence-electron chi connectivity index (χ3n) is 12.5. The van der Waals surface area contributed by atoms with Crippen molar-refractivity contribution in [3.8, 4) is 28.7 Å². The third-order valence-corrected chi connectivity index (χ3v) is 16.7. The average Bonchev–Trinajstić information content (AvgIpc) is 1.58. The van der Waals surface area contributed by atoms with Crippen molar-refractivity contribution < 1.29 is 102 Å². The van der Waals surface area contributed by atoms with Gasteiger partial charge in [0.05, 0.1) is 79.5 Å². The first-order valence-corrected chi connectivity index (χ1v) is 34.8. The number of nitrogens with one attached hydrogen (secondary N) is 1. The molecule has 3 heterocycles. The molecule has 1 fully saturated rings. The summed E-state index contributed by atoms with van der Waals surface area (Å²) in [6, 6.07) is 30.7. The highest BCUT2D eigenvalue weighted by atomic mass is 32.2. The number of carboxylic acids is 3. The van der Waals surface area contributed by atoms with Crippen molar-refractivity contribution in [3.05, 3.63) is 170 Å². The van der Waals surface area contributed by atoms with Gasteiger partial charge in [-0.3, -0.25) is 42.5 Å². The molecule has 0 aliphatic carbocycles. The summed E-state index contributed by atoms with van der Waals surface area (Å²) in [4.78, 5) is 109. The van der Waals surface area contributed by atoms with Crippen molar-refractivity contribution in [2.24, 2.45) is 10.9 Å². The Kier molecular flexibility index (Phi) is 32.3. The first kappa shape index (κ1) is 80.9. The average molecular weight is 1410 g/mol. The number of carbonyl (C=O) groups is 7. The van der Waals surface area contributed by atoms with Crippen LogP contribution in [-0.2, 0) is 68.5 Å². The highest BCUT2D eigenvalue weighted by Gasteiger charge is 2.29. The third kappa shape index (κ3) is 29.5. The number of nitro groups is 1. The van der Waals surface area contributed by atoms with Crippen molar-refractivity contribution in [1.82, 2.24) is 9.97 Å². The number of aromatic carboxylic acids is 1. The van der Waals surface area contributed by atoms with Gasteiger partial charge in [0.2, 0.25) is 0 Å². The predicted octanol–water partition coefficient (Wildman–Crippen LogP) is 9.37. The number of sulfone groups is 1. The van der Waals surface area contributed by atoms with Gasteiger partial charge in [0.25, 0.3) is 21.4 Å². The van der Waals surface area contributed by atoms with E-state index in [0.717, 1.165) is 42.0 Å². The SMILES string of the molecule is C.C=S(C)(=O)OCC1CCC(COS(C)(=O)=O)O1.CC(=O)CCC(CS(=O)(=O)c1ccc([N+](=O)[O-])cc1)C(=O)O.CC(=O)CSC1=Nc2c(nc(C)[nH]c2=O)C1.CC(=O)c1cccc(Oc2ccccc2C(=O)O)c1.CC(=O)c1cccc(Oc2ccccc2OCC(=O)O)c1. The van der Waals surface area contributed by atoms with Crippen LogP contribution >= 0.6 is 11.8 Å². The van der Waals surface area contributed by atoms with Crippen molar-refractivity contribution in [2.45, 2.75) is 91.3 Å². The van der Waals surface area contributed by atoms with Crippen LogP contribution in [0.5, 0.6) is 28.7 Å². The summed E-state index contributed by atoms with van der Waals surface area (Å²) in [5, 5.41) is 38.1. The Morgan fingerprint density at radius 2 is 1.27 bits per heavy atom. The standard InChI is InChI=1S/C16H14O5.C15H12O4.C13H15NO7S.C10H11N3O2S.C9H18O6S2.CH4/c1-11(17)12-5-4-6-13(9-12)21-15-8-3-2-7-14(15)20-10-16(18)19;1-10(16)11-5-4-6-12(9-11)19-14-8-3-2-7-13(14)15(17)18;1-9(15)2-3-10(13(16)17)8-22(20,21)12-6-4-11(5-7-12)14(18)19;1-5(14)4-16-8-3-7-9(13-8)10(15)12-6(2)11-7;1-16(2,10)13-6-8-4-5-9(15-8)7-14-17(3,11)12;/h2-9H,10H2,1H3,(H,18,19);2-9H,1H3,(H,17,18);4-7,10H,2-3,8H2,1H3,(H,16,17);3-4H2,1-2H3,(H,11,12,15);8-9H,1,4-7H2,2-3H3;1H4. The van der Waals surface area contributed by atoms with E-state index in [2.05, 4.69) is 25.0 Å². The van der Waals surface area contributed by atoms with Gasteiger partial charge >= 0.3 is 17.9 Å². The van der Waals surface area contributed by atoms with Crippen molar-refractivity contribution in [2.75, 3.05) is 43.8 Å². The lowest BCUT2D eigenvalue weighted by molar-refractivity contribution is -0.384. The minimum absolute atomic E-state index is 0. The molecule has 8 rings (SSSR count). The quantitative estimate of drug-likeness (QED) is 0.0129. The number of hydrogen-bond acceptors (Lipinski definition) is 24. The topological polar surface area (TPSA) is 422 Å². The predicted molar refractivity (Wildman–Crippen MR) is 358 cm³/mol. The van der Waals surface area contributed by atoms with E-state index in [4.69, 9.17) is 38.5 Å². The van der Waals surface area contributed by atoms with Gasteiger partial charge in [-0.25, -0.2) is 32.2 Å². The van der Waals surface area contributed by atoms with Gasteiger partial charge < -0.3 is 44.0 Å². The van der Waals surface area contributed by atoms with Gasteiger partial charge in [0, 0.05) is 42.4 Å². The fourth-order valence-electron chi connectivity index (χ4n) is 8.03. The molecule has 0 saturated carbocycles. The second-order valence-corrected chi connectivity index (χ2v) is 27.7. The summed E-state index contributed by atoms with van der Waals surface area (Å²) < 4.78 is 88.6. The number of hydrogen-bond donors (Lipinski definition) is 4. The largest absolute Gasteiger partial charge is 0.481 e. The number of ketones is 4. The molecule has 1 saturated heterocycles. The highest BCUT2D eigenvalue weighted by Crippen LogP contribution is 2.32. The molecule has 32 heteroatoms. The number of H-pyrrole nitrogens is 1. The maximum absolute atomic E-state index is 12.2. The van der Waals surface area contributed by atoms with E-state index in [-0.39, 0.29) is 96.3 Å². The zero-order valence-corrected chi connectivity index (χ0v) is 55.7. The molecule has 5 aromatic carbocycles. The molecule has 0 bridgehead atoms. The minimum atomic E-state index is -3.91. The Morgan fingerprint density at radius 1 is 0.740 bits per heavy atom. The summed E-state index contributed by atoms with van der Waals surface area (Å²) >= 11 is 1.37. The number of fused-ring (bicyclic) bond motifs is 1. The molecule has 4 atom stereocenters. The molecule has 6 aromatic rings. The van der Waals surface area contributed by atoms with Crippen molar-refractivity contribution in [1.29, 1.82) is 0 Å². The molecule has 2 aliphatic heterocycles. The molecule has 4 N–H and O–H groups in total. The number of rotatable bonds is 26. The number of carboxylic acid groups (broad SMARTS) is 3. The monoisotopic (exact) mass is 1410 g/mol. The molecule has 1 aromatic heterocycles. The zero-order valence-electron chi connectivity index (χ0n) is 52.4. The number of aromatic amines is 1. The molecule has 518 valence electrons. The summed E-state index contributed by atoms with van der Waals surface area (Å²) in [6.07, 6.45) is 3.87. The van der Waals surface area contributed by atoms with Crippen LogP contribution in [0, 0.1) is 23.0 Å². The fraction of sp³-hybridized carbons (Fsp3) is 0.328. The first-order chi connectivity index (χ1) is 44.5. The second-order valence-electron chi connectivity index (χ2n) is 20.9. The van der Waals surface area contributed by atoms with Crippen molar-refractivity contribution in [3.63, 3.8) is 0 Å². The number of nitro benzene ring substituents is 1. The van der Waals surface area contributed by atoms with E-state index in [1.165, 1.54) is 51.8 Å². The number of thioether (sulfide) groups is 1. The van der Waals surface area contributed by atoms with Crippen LogP contribution in [0.15, 0.2) is 136 Å². The Morgan fingerprint density at radius 3 is 1.76 bits per heavy atom. The summed E-state index contributed by atoms with van der Waals surface area (Å²) in [7, 11) is -9.81. The molecule has 96 heavy (non-hydrogen) atoms. The lowest BCUT2D eigenvalue weighted by atomic mass is 10.0. The Bertz CT molecular complexity index is 4150. The maximum atomic E-state index is 12.2. The van der Waals surface area contributed by atoms with Crippen LogP contribution in [0.25, 0.3) is 0 Å². The van der Waals surface area contributed by atoms with Crippen LogP contribution in [0.1, 0.15) is 103 Å². The summed E-state index contributed by atoms with van der Waals surface area (Å²) in [6.45, 7) is 7.27. The van der Waals surface area contributed by atoms with E-state index in [1.54, 1.807) is 97.9 Å². The molecule has 2 aliphatic rings. The highest BCUT2D eigenvalue weighted by molar-refractivity contribution is 8.14. The number of aliphatic imine (C=N–C) groups is 1. The van der Waals surface area contributed by atoms with Crippen LogP contribution in [0.2, 0.25) is 0 Å². The van der Waals surface area contributed by atoms with Gasteiger partial charge in [-0.1, -0.05) is 56.0 Å². The van der Waals surface area contributed by atoms with Gasteiger partial charge in [0.15, 0.2) is 45.2 Å². The van der Waals surface area contributed by atoms with E-state index in [9.17, 15) is 69.5 Å². The van der Waals surface area contributed by atoms with Crippen LogP contribution in [0.3, 0.4) is 0 Å². The van der Waals surface area contributed by atoms with E-state index in [0.29, 0.717) is 69.9 Å². The van der Waals surface area contributed by atoms with E-state index >= 15 is 0 Å². The number of aliphatic carboxylic acids is 2. The smallest absolute Gasteiger partial charge is 0.341 e. The molecule has 4 unspecified atom stereocenters. The van der Waals surface area contributed by atoms with Crippen LogP contribution in [0.4, 0.5) is 11.4 Å². The minimum Gasteiger partial charge on any atom is -0.481 e. The lowest BCUT2D eigenvalue weighted by Crippen LogP contribution is -2.24. The number of ether oxygens (including phenoxy) is 4. The van der Waals surface area contributed by atoms with E-state index in [1.807, 2.05) is 0 Å². The molecule has 0 radical (unpaired) electrons. The number of para-hydroxylation sites is 3. The van der Waals surface area contributed by atoms with Gasteiger partial charge in [-0.05, 0) is 120 Å². The van der Waals surface area contributed by atoms with E-state index < -0.39 is 70.9 Å². The van der Waals surface area contributed by atoms with Gasteiger partial charge in [-0.2, -0.15) is 8.42 Å². The van der Waals surface area contributed by atoms with Crippen LogP contribution in [-0.4, -0.2) is 159 Å². The molecular weight excluding hydrogens is 1340 g/mol. The Balaban J connectivity index is 0.000000313. The number of aromatic nitrogens is 2. The number of Topliss-reactive ketones (excluding diaryl/α,β-unsaturated/α-hetero) is 4. The number of nitrogens with zero attached hydrogens (tertiary/aromatic N) is 3. The fourth-order valence-corrected chi connectivity index (χ4v) is 11.2. The number of non-ortho nitro benzene ring substituents is 1. The summed E-state index contributed by atoms with van der Waals surface area (Å²) in [5.41, 5.74) is 1.76. The lowest BCUT2D eigenvalue weighted by Gasteiger charge is -2.13. The normalized spacial score (nSPS) is 14.4. The first-order valence-electron chi connectivity index (χ1n) is 28.3. The number of carbonyl (C=O) groups excluding carboxylic acids is 4. The van der Waals surface area contributed by atoms with Crippen LogP contribution < -0.4 is 19.8 Å². The van der Waals surface area contributed by atoms with Crippen molar-refractivity contribution >= 4 is 105 Å². The molecular formula is C64H74N4O24S4. The Labute approximate surface area is 558 Å².